The Hall–Kier alpha value is -2.50. The molecular weight excluding hydrogens is 220 g/mol. The van der Waals surface area contributed by atoms with Crippen molar-refractivity contribution >= 4 is 22.8 Å². The number of nitrogens with zero attached hydrogens (tertiary/aromatic N) is 2. The van der Waals surface area contributed by atoms with Gasteiger partial charge in [-0.05, 0) is 17.3 Å². The molecule has 1 aromatic heterocycles. The summed E-state index contributed by atoms with van der Waals surface area (Å²) in [5.41, 5.74) is 11.5. The molecule has 2 rings (SSSR count). The molecule has 0 amide bonds. The van der Waals surface area contributed by atoms with Gasteiger partial charge in [0.15, 0.2) is 0 Å². The predicted molar refractivity (Wildman–Crippen MR) is 64.1 cm³/mol. The largest absolute Gasteiger partial charge is 0.382 e. The Kier molecular flexibility index (Phi) is 2.70. The van der Waals surface area contributed by atoms with E-state index in [0.29, 0.717) is 5.69 Å². The van der Waals surface area contributed by atoms with E-state index in [4.69, 9.17) is 11.5 Å². The number of aryl methyl sites for hydroxylation is 1. The van der Waals surface area contributed by atoms with Crippen molar-refractivity contribution in [1.29, 1.82) is 0 Å². The Bertz CT molecular complexity index is 597. The molecule has 0 fully saturated rings. The van der Waals surface area contributed by atoms with Gasteiger partial charge in [-0.2, -0.15) is 0 Å². The fourth-order valence-corrected chi connectivity index (χ4v) is 1.63. The van der Waals surface area contributed by atoms with E-state index in [2.05, 4.69) is 9.99 Å². The normalized spacial score (nSPS) is 10.2. The lowest BCUT2D eigenvalue weighted by Gasteiger charge is -2.00. The summed E-state index contributed by atoms with van der Waals surface area (Å²) in [6.45, 7) is 0. The summed E-state index contributed by atoms with van der Waals surface area (Å²) >= 11 is 0. The smallest absolute Gasteiger partial charge is 0.367 e. The number of aromatic nitrogens is 1. The minimum atomic E-state index is -0.600. The Morgan fingerprint density at radius 2 is 2.06 bits per heavy atom. The highest BCUT2D eigenvalue weighted by Crippen LogP contribution is 2.18. The average Bonchev–Trinajstić information content (AvgIpc) is 2.64. The number of hydrogen-bond donors (Lipinski definition) is 2. The van der Waals surface area contributed by atoms with E-state index < -0.39 is 5.97 Å². The third kappa shape index (κ3) is 2.05. The maximum atomic E-state index is 11.7. The van der Waals surface area contributed by atoms with Crippen LogP contribution in [-0.2, 0) is 11.9 Å². The van der Waals surface area contributed by atoms with Crippen LogP contribution < -0.4 is 11.5 Å². The molecule has 0 atom stereocenters. The lowest BCUT2D eigenvalue weighted by atomic mass is 10.2. The maximum Gasteiger partial charge on any atom is 0.382 e. The molecule has 0 saturated heterocycles. The molecule has 88 valence electrons. The van der Waals surface area contributed by atoms with Crippen LogP contribution in [0.3, 0.4) is 0 Å². The van der Waals surface area contributed by atoms with Crippen LogP contribution in [0.4, 0.5) is 0 Å². The first kappa shape index (κ1) is 11.0. The van der Waals surface area contributed by atoms with E-state index in [-0.39, 0.29) is 5.96 Å². The number of rotatable bonds is 2. The molecule has 0 bridgehead atoms. The van der Waals surface area contributed by atoms with Crippen molar-refractivity contribution in [2.75, 3.05) is 0 Å². The van der Waals surface area contributed by atoms with E-state index >= 15 is 0 Å². The van der Waals surface area contributed by atoms with Crippen molar-refractivity contribution in [2.24, 2.45) is 23.7 Å². The summed E-state index contributed by atoms with van der Waals surface area (Å²) in [6.07, 6.45) is 0. The van der Waals surface area contributed by atoms with Crippen LogP contribution in [0.25, 0.3) is 10.9 Å². The minimum Gasteiger partial charge on any atom is -0.367 e. The van der Waals surface area contributed by atoms with Gasteiger partial charge in [0, 0.05) is 18.0 Å². The topological polar surface area (TPSA) is 95.6 Å². The Balaban J connectivity index is 2.39. The number of carbonyl (C=O) groups is 1. The molecule has 17 heavy (non-hydrogen) atoms. The average molecular weight is 232 g/mol. The monoisotopic (exact) mass is 232 g/mol. The molecule has 0 spiro atoms. The number of para-hydroxylation sites is 1. The maximum absolute atomic E-state index is 11.7. The Morgan fingerprint density at radius 1 is 1.35 bits per heavy atom. The third-order valence-electron chi connectivity index (χ3n) is 2.39. The highest BCUT2D eigenvalue weighted by molar-refractivity contribution is 5.95. The number of nitrogens with two attached hydrogens (primary N) is 2. The van der Waals surface area contributed by atoms with Crippen molar-refractivity contribution in [3.05, 3.63) is 36.0 Å². The van der Waals surface area contributed by atoms with Crippen molar-refractivity contribution in [1.82, 2.24) is 4.57 Å². The van der Waals surface area contributed by atoms with Crippen LogP contribution in [-0.4, -0.2) is 16.5 Å². The van der Waals surface area contributed by atoms with Gasteiger partial charge in [0.05, 0.1) is 0 Å². The molecule has 0 unspecified atom stereocenters. The zero-order valence-corrected chi connectivity index (χ0v) is 9.25. The van der Waals surface area contributed by atoms with Gasteiger partial charge in [-0.25, -0.2) is 4.79 Å². The van der Waals surface area contributed by atoms with Gasteiger partial charge in [-0.1, -0.05) is 18.2 Å². The van der Waals surface area contributed by atoms with E-state index in [1.165, 1.54) is 0 Å². The molecule has 0 radical (unpaired) electrons. The lowest BCUT2D eigenvalue weighted by molar-refractivity contribution is 0.0504. The summed E-state index contributed by atoms with van der Waals surface area (Å²) in [4.78, 5) is 16.3. The number of fused-ring (bicyclic) bond motifs is 1. The van der Waals surface area contributed by atoms with Crippen molar-refractivity contribution in [2.45, 2.75) is 0 Å². The van der Waals surface area contributed by atoms with E-state index in [0.717, 1.165) is 10.9 Å². The highest BCUT2D eigenvalue weighted by atomic mass is 16.7. The number of benzene rings is 1. The summed E-state index contributed by atoms with van der Waals surface area (Å²) in [6, 6.07) is 9.33. The van der Waals surface area contributed by atoms with Crippen LogP contribution in [0.15, 0.2) is 35.5 Å². The lowest BCUT2D eigenvalue weighted by Crippen LogP contribution is -2.23. The van der Waals surface area contributed by atoms with E-state index in [9.17, 15) is 4.79 Å². The van der Waals surface area contributed by atoms with Gasteiger partial charge >= 0.3 is 5.97 Å². The first-order valence-corrected chi connectivity index (χ1v) is 4.94. The first-order chi connectivity index (χ1) is 8.09. The third-order valence-corrected chi connectivity index (χ3v) is 2.39. The van der Waals surface area contributed by atoms with Crippen LogP contribution in [0.5, 0.6) is 0 Å². The fourth-order valence-electron chi connectivity index (χ4n) is 1.63. The number of oxime groups is 1. The van der Waals surface area contributed by atoms with Crippen molar-refractivity contribution in [3.8, 4) is 0 Å². The van der Waals surface area contributed by atoms with Crippen molar-refractivity contribution < 1.29 is 9.63 Å². The van der Waals surface area contributed by atoms with E-state index in [1.807, 2.05) is 24.3 Å². The van der Waals surface area contributed by atoms with Gasteiger partial charge in [0.2, 0.25) is 5.96 Å². The summed E-state index contributed by atoms with van der Waals surface area (Å²) in [7, 11) is 1.77. The summed E-state index contributed by atoms with van der Waals surface area (Å²) < 4.78 is 1.72. The van der Waals surface area contributed by atoms with E-state index in [1.54, 1.807) is 17.7 Å². The minimum absolute atomic E-state index is 0.294. The standard InChI is InChI=1S/C11H12N4O2/c1-15-8-5-3-2-4-7(8)6-9(15)10(16)17-14-11(12)13/h2-6H,1H3,(H4,12,13,14). The fraction of sp³-hybridized carbons (Fsp3) is 0.0909. The van der Waals surface area contributed by atoms with Crippen LogP contribution in [0, 0.1) is 0 Å². The second-order valence-corrected chi connectivity index (χ2v) is 3.54. The molecule has 0 saturated carbocycles. The van der Waals surface area contributed by atoms with Gasteiger partial charge in [0.25, 0.3) is 0 Å². The van der Waals surface area contributed by atoms with Gasteiger partial charge in [0.1, 0.15) is 5.69 Å². The zero-order chi connectivity index (χ0) is 12.4. The summed E-state index contributed by atoms with van der Waals surface area (Å²) in [5, 5.41) is 4.17. The molecule has 0 aliphatic heterocycles. The van der Waals surface area contributed by atoms with Crippen LogP contribution >= 0.6 is 0 Å². The Morgan fingerprint density at radius 3 is 2.71 bits per heavy atom. The molecule has 2 aromatic rings. The molecule has 4 N–H and O–H groups in total. The SMILES string of the molecule is Cn1c(C(=O)ON=C(N)N)cc2ccccc21. The van der Waals surface area contributed by atoms with Gasteiger partial charge in [-0.15, -0.1) is 0 Å². The predicted octanol–water partition coefficient (Wildman–Crippen LogP) is 0.523. The number of guanidine groups is 1. The molecule has 1 heterocycles. The molecule has 6 nitrogen and oxygen atoms in total. The molecule has 6 heteroatoms. The highest BCUT2D eigenvalue weighted by Gasteiger charge is 2.14. The van der Waals surface area contributed by atoms with Crippen LogP contribution in [0.2, 0.25) is 0 Å². The second kappa shape index (κ2) is 4.17. The number of hydrogen-bond acceptors (Lipinski definition) is 3. The van der Waals surface area contributed by atoms with Crippen LogP contribution in [0.1, 0.15) is 10.5 Å². The summed E-state index contributed by atoms with van der Waals surface area (Å²) in [5.74, 6) is -0.894. The molecule has 0 aliphatic rings. The molecule has 1 aromatic carbocycles. The van der Waals surface area contributed by atoms with Gasteiger partial charge in [-0.3, -0.25) is 0 Å². The molecular formula is C11H12N4O2. The second-order valence-electron chi connectivity index (χ2n) is 3.54. The van der Waals surface area contributed by atoms with Crippen molar-refractivity contribution in [3.63, 3.8) is 0 Å². The Labute approximate surface area is 97.4 Å². The number of carbonyl (C=O) groups excluding carboxylic acids is 1. The zero-order valence-electron chi connectivity index (χ0n) is 9.25. The van der Waals surface area contributed by atoms with Gasteiger partial charge < -0.3 is 20.9 Å². The first-order valence-electron chi connectivity index (χ1n) is 4.94. The quantitative estimate of drug-likeness (QED) is 0.341. The molecule has 0 aliphatic carbocycles.